The minimum absolute atomic E-state index is 0.263. The van der Waals surface area contributed by atoms with Crippen LogP contribution in [-0.2, 0) is 0 Å². The van der Waals surface area contributed by atoms with Gasteiger partial charge in [-0.05, 0) is 25.2 Å². The minimum Gasteiger partial charge on any atom is -0.324 e. The molecule has 0 amide bonds. The zero-order chi connectivity index (χ0) is 9.56. The molecule has 0 aliphatic carbocycles. The maximum Gasteiger partial charge on any atom is 0.0223 e. The van der Waals surface area contributed by atoms with Crippen LogP contribution in [0.1, 0.15) is 47.0 Å². The second kappa shape index (κ2) is 6.24. The van der Waals surface area contributed by atoms with Crippen LogP contribution < -0.4 is 5.73 Å². The Morgan fingerprint density at radius 2 is 1.92 bits per heavy atom. The fourth-order valence-corrected chi connectivity index (χ4v) is 1.28. The summed E-state index contributed by atoms with van der Waals surface area (Å²) in [6.07, 6.45) is 5.62. The standard InChI is InChI=1S/C11H23N/c1-5-10(7-9(3)4)8-11(12)6-2/h8-9,11H,5-7,12H2,1-4H3/b10-8+. The van der Waals surface area contributed by atoms with Crippen LogP contribution >= 0.6 is 0 Å². The molecule has 0 spiro atoms. The van der Waals surface area contributed by atoms with Gasteiger partial charge in [0, 0.05) is 6.04 Å². The third-order valence-corrected chi connectivity index (χ3v) is 2.05. The molecular formula is C11H23N. The summed E-state index contributed by atoms with van der Waals surface area (Å²) in [6.45, 7) is 8.84. The number of allylic oxidation sites excluding steroid dienone is 1. The van der Waals surface area contributed by atoms with Crippen molar-refractivity contribution >= 4 is 0 Å². The summed E-state index contributed by atoms with van der Waals surface area (Å²) < 4.78 is 0. The summed E-state index contributed by atoms with van der Waals surface area (Å²) in [5.41, 5.74) is 7.36. The summed E-state index contributed by atoms with van der Waals surface area (Å²) in [5.74, 6) is 0.750. The smallest absolute Gasteiger partial charge is 0.0223 e. The highest BCUT2D eigenvalue weighted by atomic mass is 14.6. The van der Waals surface area contributed by atoms with Crippen LogP contribution in [0.2, 0.25) is 0 Å². The van der Waals surface area contributed by atoms with E-state index in [4.69, 9.17) is 5.73 Å². The van der Waals surface area contributed by atoms with E-state index >= 15 is 0 Å². The van der Waals surface area contributed by atoms with Crippen molar-refractivity contribution in [1.29, 1.82) is 0 Å². The third kappa shape index (κ3) is 5.36. The van der Waals surface area contributed by atoms with Crippen molar-refractivity contribution in [2.75, 3.05) is 0 Å². The van der Waals surface area contributed by atoms with Crippen molar-refractivity contribution < 1.29 is 0 Å². The molecule has 0 rings (SSSR count). The Bertz CT molecular complexity index is 136. The van der Waals surface area contributed by atoms with Gasteiger partial charge in [-0.3, -0.25) is 0 Å². The van der Waals surface area contributed by atoms with Crippen molar-refractivity contribution in [2.24, 2.45) is 11.7 Å². The Balaban J connectivity index is 4.03. The molecule has 0 aromatic carbocycles. The predicted octanol–water partition coefficient (Wildman–Crippen LogP) is 3.11. The first kappa shape index (κ1) is 11.7. The van der Waals surface area contributed by atoms with E-state index in [1.807, 2.05) is 0 Å². The lowest BCUT2D eigenvalue weighted by Gasteiger charge is -2.10. The zero-order valence-electron chi connectivity index (χ0n) is 8.93. The maximum absolute atomic E-state index is 5.85. The molecule has 0 aromatic rings. The number of rotatable bonds is 5. The van der Waals surface area contributed by atoms with Crippen LogP contribution in [0.3, 0.4) is 0 Å². The highest BCUT2D eigenvalue weighted by molar-refractivity contribution is 5.06. The highest BCUT2D eigenvalue weighted by Crippen LogP contribution is 2.14. The lowest BCUT2D eigenvalue weighted by Crippen LogP contribution is -2.16. The maximum atomic E-state index is 5.85. The van der Waals surface area contributed by atoms with E-state index in [1.165, 1.54) is 12.0 Å². The molecule has 0 aliphatic rings. The molecule has 0 heterocycles. The second-order valence-electron chi connectivity index (χ2n) is 3.85. The molecule has 1 atom stereocenters. The molecule has 0 bridgehead atoms. The average Bonchev–Trinajstić information content (AvgIpc) is 2.02. The molecule has 0 radical (unpaired) electrons. The van der Waals surface area contributed by atoms with Crippen molar-refractivity contribution in [3.8, 4) is 0 Å². The number of hydrogen-bond acceptors (Lipinski definition) is 1. The lowest BCUT2D eigenvalue weighted by molar-refractivity contribution is 0.623. The van der Waals surface area contributed by atoms with E-state index in [9.17, 15) is 0 Å². The molecule has 72 valence electrons. The van der Waals surface area contributed by atoms with Gasteiger partial charge in [-0.2, -0.15) is 0 Å². The van der Waals surface area contributed by atoms with Gasteiger partial charge in [0.25, 0.3) is 0 Å². The first-order valence-electron chi connectivity index (χ1n) is 5.05. The molecule has 1 heteroatoms. The second-order valence-corrected chi connectivity index (χ2v) is 3.85. The summed E-state index contributed by atoms with van der Waals surface area (Å²) in [7, 11) is 0. The van der Waals surface area contributed by atoms with E-state index in [0.717, 1.165) is 18.8 Å². The van der Waals surface area contributed by atoms with Gasteiger partial charge in [-0.25, -0.2) is 0 Å². The van der Waals surface area contributed by atoms with Crippen LogP contribution in [-0.4, -0.2) is 6.04 Å². The molecule has 12 heavy (non-hydrogen) atoms. The summed E-state index contributed by atoms with van der Waals surface area (Å²) >= 11 is 0. The normalized spacial score (nSPS) is 15.3. The Kier molecular flexibility index (Phi) is 6.09. The van der Waals surface area contributed by atoms with Crippen molar-refractivity contribution in [1.82, 2.24) is 0 Å². The van der Waals surface area contributed by atoms with Gasteiger partial charge in [0.2, 0.25) is 0 Å². The molecule has 1 nitrogen and oxygen atoms in total. The summed E-state index contributed by atoms with van der Waals surface area (Å²) in [6, 6.07) is 0.263. The van der Waals surface area contributed by atoms with Gasteiger partial charge in [-0.15, -0.1) is 0 Å². The highest BCUT2D eigenvalue weighted by Gasteiger charge is 2.01. The van der Waals surface area contributed by atoms with Gasteiger partial charge < -0.3 is 5.73 Å². The molecule has 0 aliphatic heterocycles. The fourth-order valence-electron chi connectivity index (χ4n) is 1.28. The van der Waals surface area contributed by atoms with Gasteiger partial charge in [0.05, 0.1) is 0 Å². The van der Waals surface area contributed by atoms with Crippen molar-refractivity contribution in [2.45, 2.75) is 53.0 Å². The van der Waals surface area contributed by atoms with E-state index in [2.05, 4.69) is 33.8 Å². The first-order chi connectivity index (χ1) is 5.60. The molecule has 0 fully saturated rings. The Labute approximate surface area is 77.0 Å². The third-order valence-electron chi connectivity index (χ3n) is 2.05. The molecule has 0 saturated heterocycles. The monoisotopic (exact) mass is 169 g/mol. The van der Waals surface area contributed by atoms with Gasteiger partial charge in [-0.1, -0.05) is 39.3 Å². The molecular weight excluding hydrogens is 146 g/mol. The topological polar surface area (TPSA) is 26.0 Å². The summed E-state index contributed by atoms with van der Waals surface area (Å²) in [5, 5.41) is 0. The number of nitrogens with two attached hydrogens (primary N) is 1. The van der Waals surface area contributed by atoms with Crippen molar-refractivity contribution in [3.05, 3.63) is 11.6 Å². The Hall–Kier alpha value is -0.300. The first-order valence-corrected chi connectivity index (χ1v) is 5.05. The van der Waals surface area contributed by atoms with Gasteiger partial charge in [0.15, 0.2) is 0 Å². The van der Waals surface area contributed by atoms with Crippen LogP contribution in [0.4, 0.5) is 0 Å². The van der Waals surface area contributed by atoms with E-state index in [0.29, 0.717) is 0 Å². The van der Waals surface area contributed by atoms with Crippen LogP contribution in [0, 0.1) is 5.92 Å². The number of hydrogen-bond donors (Lipinski definition) is 1. The quantitative estimate of drug-likeness (QED) is 0.629. The summed E-state index contributed by atoms with van der Waals surface area (Å²) in [4.78, 5) is 0. The van der Waals surface area contributed by atoms with Gasteiger partial charge in [0.1, 0.15) is 0 Å². The fraction of sp³-hybridized carbons (Fsp3) is 0.818. The van der Waals surface area contributed by atoms with Crippen LogP contribution in [0.25, 0.3) is 0 Å². The zero-order valence-corrected chi connectivity index (χ0v) is 8.93. The lowest BCUT2D eigenvalue weighted by atomic mass is 9.98. The van der Waals surface area contributed by atoms with Crippen molar-refractivity contribution in [3.63, 3.8) is 0 Å². The van der Waals surface area contributed by atoms with E-state index < -0.39 is 0 Å². The predicted molar refractivity (Wildman–Crippen MR) is 56.1 cm³/mol. The molecule has 0 aromatic heterocycles. The average molecular weight is 169 g/mol. The molecule has 2 N–H and O–H groups in total. The van der Waals surface area contributed by atoms with E-state index in [-0.39, 0.29) is 6.04 Å². The van der Waals surface area contributed by atoms with Crippen LogP contribution in [0.15, 0.2) is 11.6 Å². The molecule has 0 saturated carbocycles. The SMILES string of the molecule is CC/C(=C\C(N)CC)CC(C)C. The van der Waals surface area contributed by atoms with Crippen LogP contribution in [0.5, 0.6) is 0 Å². The molecule has 1 unspecified atom stereocenters. The van der Waals surface area contributed by atoms with Gasteiger partial charge >= 0.3 is 0 Å². The minimum atomic E-state index is 0.263. The largest absolute Gasteiger partial charge is 0.324 e. The Morgan fingerprint density at radius 1 is 1.33 bits per heavy atom. The Morgan fingerprint density at radius 3 is 2.25 bits per heavy atom. The van der Waals surface area contributed by atoms with E-state index in [1.54, 1.807) is 0 Å².